The first-order valence-corrected chi connectivity index (χ1v) is 6.45. The molecule has 0 spiro atoms. The largest absolute Gasteiger partial charge is 0.378 e. The van der Waals surface area contributed by atoms with Gasteiger partial charge >= 0.3 is 0 Å². The van der Waals surface area contributed by atoms with Crippen molar-refractivity contribution in [1.82, 2.24) is 4.90 Å². The first-order chi connectivity index (χ1) is 8.99. The molecule has 0 radical (unpaired) electrons. The Morgan fingerprint density at radius 3 is 2.58 bits per heavy atom. The Labute approximate surface area is 115 Å². The summed E-state index contributed by atoms with van der Waals surface area (Å²) in [6.45, 7) is 7.37. The highest BCUT2D eigenvalue weighted by Crippen LogP contribution is 2.33. The fourth-order valence-electron chi connectivity index (χ4n) is 2.45. The fraction of sp³-hybridized carbons (Fsp3) is 0.400. The zero-order valence-electron chi connectivity index (χ0n) is 11.9. The van der Waals surface area contributed by atoms with Crippen LogP contribution in [-0.4, -0.2) is 38.0 Å². The minimum atomic E-state index is -0.177. The summed E-state index contributed by atoms with van der Waals surface area (Å²) in [6.07, 6.45) is 1.86. The Balaban J connectivity index is 2.31. The van der Waals surface area contributed by atoms with Gasteiger partial charge in [0.15, 0.2) is 5.96 Å². The molecule has 0 aliphatic carbocycles. The van der Waals surface area contributed by atoms with E-state index in [-0.39, 0.29) is 5.54 Å². The van der Waals surface area contributed by atoms with Crippen LogP contribution in [0.1, 0.15) is 12.5 Å². The number of benzene rings is 1. The summed E-state index contributed by atoms with van der Waals surface area (Å²) in [5, 5.41) is 0. The lowest BCUT2D eigenvalue weighted by Gasteiger charge is -2.36. The molecule has 2 N–H and O–H groups in total. The monoisotopic (exact) mass is 258 g/mol. The Hall–Kier alpha value is -1.97. The van der Waals surface area contributed by atoms with Crippen LogP contribution in [0.5, 0.6) is 0 Å². The Morgan fingerprint density at radius 2 is 2.05 bits per heavy atom. The van der Waals surface area contributed by atoms with Crippen LogP contribution < -0.4 is 10.6 Å². The van der Waals surface area contributed by atoms with E-state index in [1.165, 1.54) is 11.3 Å². The van der Waals surface area contributed by atoms with Crippen molar-refractivity contribution < 1.29 is 0 Å². The number of anilines is 1. The maximum atomic E-state index is 5.98. The summed E-state index contributed by atoms with van der Waals surface area (Å²) in [4.78, 5) is 8.58. The van der Waals surface area contributed by atoms with Crippen LogP contribution in [0.2, 0.25) is 0 Å². The molecule has 1 aliphatic rings. The van der Waals surface area contributed by atoms with Crippen LogP contribution in [-0.2, 0) is 5.54 Å². The van der Waals surface area contributed by atoms with Crippen LogP contribution in [0.3, 0.4) is 0 Å². The number of hydrogen-bond acceptors (Lipinski definition) is 4. The van der Waals surface area contributed by atoms with E-state index in [0.717, 1.165) is 0 Å². The van der Waals surface area contributed by atoms with Crippen molar-refractivity contribution in [3.8, 4) is 0 Å². The van der Waals surface area contributed by atoms with Gasteiger partial charge in [-0.2, -0.15) is 0 Å². The fourth-order valence-corrected chi connectivity index (χ4v) is 2.45. The molecule has 19 heavy (non-hydrogen) atoms. The summed E-state index contributed by atoms with van der Waals surface area (Å²) in [6, 6.07) is 8.56. The van der Waals surface area contributed by atoms with E-state index in [1.807, 2.05) is 20.2 Å². The molecule has 0 saturated heterocycles. The molecular weight excluding hydrogens is 236 g/mol. The zero-order chi connectivity index (χ0) is 14.0. The lowest BCUT2D eigenvalue weighted by molar-refractivity contribution is 0.245. The zero-order valence-corrected chi connectivity index (χ0v) is 11.9. The van der Waals surface area contributed by atoms with Crippen molar-refractivity contribution in [3.05, 3.63) is 42.5 Å². The number of nitrogens with zero attached hydrogens (tertiary/aromatic N) is 3. The lowest BCUT2D eigenvalue weighted by Crippen LogP contribution is -2.47. The third kappa shape index (κ3) is 2.30. The second-order valence-electron chi connectivity index (χ2n) is 5.29. The number of rotatable bonds is 4. The van der Waals surface area contributed by atoms with Crippen molar-refractivity contribution in [2.45, 2.75) is 12.5 Å². The van der Waals surface area contributed by atoms with E-state index in [1.54, 1.807) is 0 Å². The van der Waals surface area contributed by atoms with Gasteiger partial charge in [0.2, 0.25) is 0 Å². The maximum absolute atomic E-state index is 5.98. The summed E-state index contributed by atoms with van der Waals surface area (Å²) >= 11 is 0. The van der Waals surface area contributed by atoms with Crippen LogP contribution >= 0.6 is 0 Å². The van der Waals surface area contributed by atoms with Gasteiger partial charge in [-0.3, -0.25) is 4.99 Å². The predicted molar refractivity (Wildman–Crippen MR) is 81.5 cm³/mol. The van der Waals surface area contributed by atoms with E-state index < -0.39 is 0 Å². The van der Waals surface area contributed by atoms with Gasteiger partial charge in [0, 0.05) is 26.3 Å². The van der Waals surface area contributed by atoms with Crippen molar-refractivity contribution in [3.63, 3.8) is 0 Å². The summed E-state index contributed by atoms with van der Waals surface area (Å²) in [7, 11) is 4.08. The molecule has 1 aliphatic heterocycles. The molecule has 0 bridgehead atoms. The second-order valence-corrected chi connectivity index (χ2v) is 5.29. The molecule has 4 heteroatoms. The molecule has 0 aromatic heterocycles. The first-order valence-electron chi connectivity index (χ1n) is 6.45. The smallest absolute Gasteiger partial charge is 0.192 e. The van der Waals surface area contributed by atoms with Gasteiger partial charge < -0.3 is 15.5 Å². The van der Waals surface area contributed by atoms with Crippen LogP contribution in [0.15, 0.2) is 41.9 Å². The molecule has 2 rings (SSSR count). The van der Waals surface area contributed by atoms with Crippen molar-refractivity contribution in [1.29, 1.82) is 0 Å². The van der Waals surface area contributed by atoms with Gasteiger partial charge in [0.25, 0.3) is 0 Å². The molecular formula is C15H22N4. The summed E-state index contributed by atoms with van der Waals surface area (Å²) < 4.78 is 0. The molecule has 0 fully saturated rings. The molecule has 1 aromatic rings. The second kappa shape index (κ2) is 4.96. The maximum Gasteiger partial charge on any atom is 0.192 e. The molecule has 0 amide bonds. The highest BCUT2D eigenvalue weighted by atomic mass is 15.3. The number of aliphatic imine (C=N–C) groups is 1. The highest BCUT2D eigenvalue weighted by Gasteiger charge is 2.38. The van der Waals surface area contributed by atoms with Crippen molar-refractivity contribution >= 4 is 11.6 Å². The normalized spacial score (nSPS) is 22.3. The molecule has 1 atom stereocenters. The van der Waals surface area contributed by atoms with Gasteiger partial charge in [-0.05, 0) is 24.6 Å². The molecule has 1 heterocycles. The van der Waals surface area contributed by atoms with E-state index in [2.05, 4.69) is 52.6 Å². The molecule has 102 valence electrons. The minimum absolute atomic E-state index is 0.177. The Kier molecular flexibility index (Phi) is 3.51. The van der Waals surface area contributed by atoms with E-state index in [9.17, 15) is 0 Å². The molecule has 1 unspecified atom stereocenters. The predicted octanol–water partition coefficient (Wildman–Crippen LogP) is 1.78. The van der Waals surface area contributed by atoms with Gasteiger partial charge in [-0.25, -0.2) is 0 Å². The van der Waals surface area contributed by atoms with Gasteiger partial charge in [0.05, 0.1) is 12.1 Å². The van der Waals surface area contributed by atoms with Gasteiger partial charge in [0.1, 0.15) is 0 Å². The molecule has 0 saturated carbocycles. The number of nitrogens with two attached hydrogens (primary N) is 1. The average molecular weight is 258 g/mol. The minimum Gasteiger partial charge on any atom is -0.378 e. The number of hydrogen-bond donors (Lipinski definition) is 1. The number of guanidine groups is 1. The molecule has 4 nitrogen and oxygen atoms in total. The highest BCUT2D eigenvalue weighted by molar-refractivity contribution is 5.81. The van der Waals surface area contributed by atoms with Crippen LogP contribution in [0.25, 0.3) is 0 Å². The van der Waals surface area contributed by atoms with Crippen molar-refractivity contribution in [2.24, 2.45) is 10.7 Å². The summed E-state index contributed by atoms with van der Waals surface area (Å²) in [5.74, 6) is 0.596. The third-order valence-electron chi connectivity index (χ3n) is 3.74. The van der Waals surface area contributed by atoms with Gasteiger partial charge in [-0.1, -0.05) is 18.2 Å². The standard InChI is InChI=1S/C15H22N4/c1-5-10-19-14(16)17-11-15(19,2)12-6-8-13(9-7-12)18(3)4/h5-9H,1,10-11H2,2-4H3,(H2,16,17). The Morgan fingerprint density at radius 1 is 1.42 bits per heavy atom. The van der Waals surface area contributed by atoms with Gasteiger partial charge in [-0.15, -0.1) is 6.58 Å². The lowest BCUT2D eigenvalue weighted by atomic mass is 9.91. The topological polar surface area (TPSA) is 44.9 Å². The Bertz CT molecular complexity index is 489. The quantitative estimate of drug-likeness (QED) is 0.837. The first kappa shape index (κ1) is 13.5. The molecule has 1 aromatic carbocycles. The van der Waals surface area contributed by atoms with E-state index >= 15 is 0 Å². The SMILES string of the molecule is C=CCN1C(N)=NCC1(C)c1ccc(N(C)C)cc1. The third-order valence-corrected chi connectivity index (χ3v) is 3.74. The van der Waals surface area contributed by atoms with E-state index in [4.69, 9.17) is 5.73 Å². The average Bonchev–Trinajstić information content (AvgIpc) is 2.69. The van der Waals surface area contributed by atoms with E-state index in [0.29, 0.717) is 19.0 Å². The van der Waals surface area contributed by atoms with Crippen molar-refractivity contribution in [2.75, 3.05) is 32.1 Å². The summed E-state index contributed by atoms with van der Waals surface area (Å²) in [5.41, 5.74) is 8.21. The van der Waals surface area contributed by atoms with Crippen LogP contribution in [0, 0.1) is 0 Å². The van der Waals surface area contributed by atoms with Crippen LogP contribution in [0.4, 0.5) is 5.69 Å².